The number of thiophene rings is 1. The monoisotopic (exact) mass is 296 g/mol. The van der Waals surface area contributed by atoms with E-state index < -0.39 is 0 Å². The zero-order valence-electron chi connectivity index (χ0n) is 11.8. The molecule has 1 N–H and O–H groups in total. The summed E-state index contributed by atoms with van der Waals surface area (Å²) in [6.07, 6.45) is 1.07. The van der Waals surface area contributed by atoms with Gasteiger partial charge < -0.3 is 15.0 Å². The molecule has 110 valence electrons. The number of hydrogen-bond acceptors (Lipinski definition) is 4. The molecule has 6 heteroatoms. The summed E-state index contributed by atoms with van der Waals surface area (Å²) >= 11 is 1.59. The predicted octanol–water partition coefficient (Wildman–Crippen LogP) is 1.42. The van der Waals surface area contributed by atoms with Gasteiger partial charge in [0.25, 0.3) is 0 Å². The molecule has 0 unspecified atom stereocenters. The predicted molar refractivity (Wildman–Crippen MR) is 77.4 cm³/mol. The van der Waals surface area contributed by atoms with E-state index in [9.17, 15) is 9.59 Å². The Labute approximate surface area is 122 Å². The molecule has 1 aromatic heterocycles. The molecule has 0 bridgehead atoms. The van der Waals surface area contributed by atoms with Gasteiger partial charge in [-0.25, -0.2) is 0 Å². The SMILES string of the molecule is COCCCNC(=O)[C@H]1CC(=O)N(C)[C@H]1c1cccs1. The highest BCUT2D eigenvalue weighted by molar-refractivity contribution is 7.10. The smallest absolute Gasteiger partial charge is 0.226 e. The maximum Gasteiger partial charge on any atom is 0.226 e. The zero-order valence-corrected chi connectivity index (χ0v) is 12.6. The first kappa shape index (κ1) is 15.0. The van der Waals surface area contributed by atoms with E-state index in [1.807, 2.05) is 17.5 Å². The van der Waals surface area contributed by atoms with Crippen LogP contribution in [0.2, 0.25) is 0 Å². The van der Waals surface area contributed by atoms with Crippen LogP contribution in [0, 0.1) is 5.92 Å². The van der Waals surface area contributed by atoms with Gasteiger partial charge in [-0.1, -0.05) is 6.07 Å². The second-order valence-electron chi connectivity index (χ2n) is 4.91. The van der Waals surface area contributed by atoms with Crippen molar-refractivity contribution in [2.75, 3.05) is 27.3 Å². The lowest BCUT2D eigenvalue weighted by Gasteiger charge is -2.23. The fourth-order valence-electron chi connectivity index (χ4n) is 2.51. The quantitative estimate of drug-likeness (QED) is 0.808. The Bertz CT molecular complexity index is 461. The molecule has 2 heterocycles. The summed E-state index contributed by atoms with van der Waals surface area (Å²) in [5.74, 6) is -0.314. The van der Waals surface area contributed by atoms with Crippen molar-refractivity contribution < 1.29 is 14.3 Å². The van der Waals surface area contributed by atoms with E-state index in [-0.39, 0.29) is 30.2 Å². The first-order valence-corrected chi connectivity index (χ1v) is 7.59. The third-order valence-electron chi connectivity index (χ3n) is 3.58. The standard InChI is InChI=1S/C14H20N2O3S/c1-16-12(17)9-10(13(16)11-5-3-8-20-11)14(18)15-6-4-7-19-2/h3,5,8,10,13H,4,6-7,9H2,1-2H3,(H,15,18)/t10-,13+/m0/s1. The van der Waals surface area contributed by atoms with Crippen LogP contribution in [0.1, 0.15) is 23.8 Å². The van der Waals surface area contributed by atoms with Gasteiger partial charge in [-0.2, -0.15) is 0 Å². The maximum absolute atomic E-state index is 12.3. The number of methoxy groups -OCH3 is 1. The highest BCUT2D eigenvalue weighted by Crippen LogP contribution is 2.38. The van der Waals surface area contributed by atoms with Gasteiger partial charge in [-0.05, 0) is 17.9 Å². The fourth-order valence-corrected chi connectivity index (χ4v) is 3.45. The van der Waals surface area contributed by atoms with Crippen molar-refractivity contribution in [1.82, 2.24) is 10.2 Å². The molecule has 1 saturated heterocycles. The molecule has 20 heavy (non-hydrogen) atoms. The Morgan fingerprint density at radius 2 is 2.40 bits per heavy atom. The fraction of sp³-hybridized carbons (Fsp3) is 0.571. The van der Waals surface area contributed by atoms with E-state index in [0.29, 0.717) is 13.2 Å². The molecule has 2 rings (SSSR count). The van der Waals surface area contributed by atoms with Gasteiger partial charge in [0.15, 0.2) is 0 Å². The molecule has 0 aliphatic carbocycles. The lowest BCUT2D eigenvalue weighted by atomic mass is 9.98. The van der Waals surface area contributed by atoms with Gasteiger partial charge in [0.1, 0.15) is 0 Å². The molecule has 0 saturated carbocycles. The number of nitrogens with one attached hydrogen (secondary N) is 1. The van der Waals surface area contributed by atoms with E-state index in [1.54, 1.807) is 30.4 Å². The molecule has 1 aromatic rings. The van der Waals surface area contributed by atoms with Crippen molar-refractivity contribution >= 4 is 23.2 Å². The maximum atomic E-state index is 12.3. The summed E-state index contributed by atoms with van der Waals surface area (Å²) in [4.78, 5) is 26.9. The minimum Gasteiger partial charge on any atom is -0.385 e. The number of carbonyl (C=O) groups excluding carboxylic acids is 2. The van der Waals surface area contributed by atoms with Crippen LogP contribution in [0.25, 0.3) is 0 Å². The second-order valence-corrected chi connectivity index (χ2v) is 5.89. The molecule has 1 aliphatic heterocycles. The van der Waals surface area contributed by atoms with E-state index in [1.165, 1.54) is 0 Å². The summed E-state index contributed by atoms with van der Waals surface area (Å²) in [6, 6.07) is 3.80. The van der Waals surface area contributed by atoms with Crippen LogP contribution < -0.4 is 5.32 Å². The van der Waals surface area contributed by atoms with E-state index in [4.69, 9.17) is 4.74 Å². The van der Waals surface area contributed by atoms with Crippen LogP contribution in [-0.2, 0) is 14.3 Å². The minimum atomic E-state index is -0.298. The first-order chi connectivity index (χ1) is 9.65. The number of likely N-dealkylation sites (tertiary alicyclic amines) is 1. The van der Waals surface area contributed by atoms with E-state index >= 15 is 0 Å². The molecular formula is C14H20N2O3S. The van der Waals surface area contributed by atoms with Crippen molar-refractivity contribution in [1.29, 1.82) is 0 Å². The zero-order chi connectivity index (χ0) is 14.5. The summed E-state index contributed by atoms with van der Waals surface area (Å²) in [5.41, 5.74) is 0. The molecule has 1 fully saturated rings. The highest BCUT2D eigenvalue weighted by atomic mass is 32.1. The van der Waals surface area contributed by atoms with Gasteiger partial charge >= 0.3 is 0 Å². The van der Waals surface area contributed by atoms with Crippen molar-refractivity contribution in [2.45, 2.75) is 18.9 Å². The second kappa shape index (κ2) is 6.85. The molecule has 0 radical (unpaired) electrons. The molecule has 2 amide bonds. The van der Waals surface area contributed by atoms with Gasteiger partial charge in [-0.3, -0.25) is 9.59 Å². The van der Waals surface area contributed by atoms with Crippen molar-refractivity contribution in [3.8, 4) is 0 Å². The topological polar surface area (TPSA) is 58.6 Å². The number of nitrogens with zero attached hydrogens (tertiary/aromatic N) is 1. The van der Waals surface area contributed by atoms with Crippen molar-refractivity contribution in [2.24, 2.45) is 5.92 Å². The Kier molecular flexibility index (Phi) is 5.14. The Morgan fingerprint density at radius 1 is 1.60 bits per heavy atom. The largest absolute Gasteiger partial charge is 0.385 e. The lowest BCUT2D eigenvalue weighted by molar-refractivity contribution is -0.128. The van der Waals surface area contributed by atoms with Crippen LogP contribution in [0.5, 0.6) is 0 Å². The first-order valence-electron chi connectivity index (χ1n) is 6.71. The Hall–Kier alpha value is -1.40. The molecule has 5 nitrogen and oxygen atoms in total. The molecule has 2 atom stereocenters. The minimum absolute atomic E-state index is 0.0282. The molecule has 0 spiro atoms. The van der Waals surface area contributed by atoms with Crippen LogP contribution in [0.3, 0.4) is 0 Å². The van der Waals surface area contributed by atoms with Gasteiger partial charge in [0, 0.05) is 38.6 Å². The normalized spacial score (nSPS) is 22.3. The summed E-state index contributed by atoms with van der Waals surface area (Å²) in [5, 5.41) is 4.87. The Morgan fingerprint density at radius 3 is 3.05 bits per heavy atom. The Balaban J connectivity index is 2.01. The van der Waals surface area contributed by atoms with Crippen molar-refractivity contribution in [3.63, 3.8) is 0 Å². The van der Waals surface area contributed by atoms with Gasteiger partial charge in [0.2, 0.25) is 11.8 Å². The van der Waals surface area contributed by atoms with Gasteiger partial charge in [-0.15, -0.1) is 11.3 Å². The van der Waals surface area contributed by atoms with Crippen LogP contribution in [0.4, 0.5) is 0 Å². The number of amides is 2. The van der Waals surface area contributed by atoms with Crippen LogP contribution in [0.15, 0.2) is 17.5 Å². The third-order valence-corrected chi connectivity index (χ3v) is 4.53. The van der Waals surface area contributed by atoms with Crippen molar-refractivity contribution in [3.05, 3.63) is 22.4 Å². The number of rotatable bonds is 6. The van der Waals surface area contributed by atoms with Crippen LogP contribution in [-0.4, -0.2) is 44.0 Å². The molecule has 0 aromatic carbocycles. The van der Waals surface area contributed by atoms with E-state index in [2.05, 4.69) is 5.32 Å². The van der Waals surface area contributed by atoms with E-state index in [0.717, 1.165) is 11.3 Å². The lowest BCUT2D eigenvalue weighted by Crippen LogP contribution is -2.35. The number of ether oxygens (including phenoxy) is 1. The average Bonchev–Trinajstić information content (AvgIpc) is 3.04. The average molecular weight is 296 g/mol. The third kappa shape index (κ3) is 3.19. The molecular weight excluding hydrogens is 276 g/mol. The number of hydrogen-bond donors (Lipinski definition) is 1. The summed E-state index contributed by atoms with van der Waals surface area (Å²) in [6.45, 7) is 1.20. The summed E-state index contributed by atoms with van der Waals surface area (Å²) in [7, 11) is 3.41. The van der Waals surface area contributed by atoms with Crippen LogP contribution >= 0.6 is 11.3 Å². The summed E-state index contributed by atoms with van der Waals surface area (Å²) < 4.78 is 4.95. The van der Waals surface area contributed by atoms with Gasteiger partial charge in [0.05, 0.1) is 12.0 Å². The highest BCUT2D eigenvalue weighted by Gasteiger charge is 2.42. The molecule has 1 aliphatic rings. The number of carbonyl (C=O) groups is 2.